The highest BCUT2D eigenvalue weighted by Crippen LogP contribution is 2.33. The summed E-state index contributed by atoms with van der Waals surface area (Å²) in [5, 5.41) is 12.9. The Morgan fingerprint density at radius 1 is 0.974 bits per heavy atom. The van der Waals surface area contributed by atoms with Gasteiger partial charge in [0.15, 0.2) is 5.82 Å². The molecule has 0 saturated carbocycles. The van der Waals surface area contributed by atoms with E-state index in [1.165, 1.54) is 25.0 Å². The van der Waals surface area contributed by atoms with E-state index in [-0.39, 0.29) is 5.82 Å². The molecule has 9 nitrogen and oxygen atoms in total. The largest absolute Gasteiger partial charge is 0.492 e. The van der Waals surface area contributed by atoms with Gasteiger partial charge in [0, 0.05) is 48.6 Å². The van der Waals surface area contributed by atoms with E-state index in [0.29, 0.717) is 40.6 Å². The van der Waals surface area contributed by atoms with Gasteiger partial charge in [-0.15, -0.1) is 0 Å². The van der Waals surface area contributed by atoms with Crippen molar-refractivity contribution in [3.63, 3.8) is 0 Å². The molecule has 2 N–H and O–H groups in total. The van der Waals surface area contributed by atoms with Gasteiger partial charge in [0.1, 0.15) is 29.4 Å². The molecule has 10 heteroatoms. The predicted molar refractivity (Wildman–Crippen MR) is 148 cm³/mol. The van der Waals surface area contributed by atoms with Gasteiger partial charge in [-0.25, -0.2) is 9.37 Å². The normalized spacial score (nSPS) is 14.1. The summed E-state index contributed by atoms with van der Waals surface area (Å²) < 4.78 is 22.4. The number of aromatic nitrogens is 7. The maximum absolute atomic E-state index is 14.7. The molecule has 0 aliphatic carbocycles. The second kappa shape index (κ2) is 9.63. The molecule has 1 fully saturated rings. The van der Waals surface area contributed by atoms with Crippen LogP contribution in [0.15, 0.2) is 61.1 Å². The van der Waals surface area contributed by atoms with Crippen LogP contribution in [0.1, 0.15) is 12.8 Å². The highest BCUT2D eigenvalue weighted by molar-refractivity contribution is 5.97. The molecule has 0 unspecified atom stereocenters. The molecule has 2 aromatic carbocycles. The zero-order valence-corrected chi connectivity index (χ0v) is 21.5. The van der Waals surface area contributed by atoms with Crippen molar-refractivity contribution in [3.05, 3.63) is 66.9 Å². The first-order valence-corrected chi connectivity index (χ1v) is 13.1. The Morgan fingerprint density at radius 2 is 1.87 bits per heavy atom. The monoisotopic (exact) mass is 522 g/mol. The number of hydrogen-bond donors (Lipinski definition) is 2. The first-order valence-electron chi connectivity index (χ1n) is 13.1. The maximum Gasteiger partial charge on any atom is 0.159 e. The van der Waals surface area contributed by atoms with E-state index in [2.05, 4.69) is 36.2 Å². The molecule has 1 aliphatic rings. The van der Waals surface area contributed by atoms with Gasteiger partial charge < -0.3 is 9.72 Å². The van der Waals surface area contributed by atoms with E-state index in [9.17, 15) is 4.39 Å². The minimum Gasteiger partial charge on any atom is -0.492 e. The van der Waals surface area contributed by atoms with Crippen LogP contribution in [0.4, 0.5) is 4.39 Å². The number of nitrogens with one attached hydrogen (secondary N) is 2. The Bertz CT molecular complexity index is 1800. The lowest BCUT2D eigenvalue weighted by atomic mass is 10.1. The van der Waals surface area contributed by atoms with E-state index in [1.54, 1.807) is 10.9 Å². The van der Waals surface area contributed by atoms with Crippen LogP contribution in [-0.4, -0.2) is 66.1 Å². The molecule has 0 radical (unpaired) electrons. The number of benzene rings is 2. The summed E-state index contributed by atoms with van der Waals surface area (Å²) in [5.74, 6) is 0.715. The summed E-state index contributed by atoms with van der Waals surface area (Å²) in [6.45, 7) is 3.55. The number of H-pyrrole nitrogens is 2. The number of aromatic amines is 2. The van der Waals surface area contributed by atoms with Crippen molar-refractivity contribution >= 4 is 21.9 Å². The van der Waals surface area contributed by atoms with Gasteiger partial charge in [-0.2, -0.15) is 10.2 Å². The molecule has 0 spiro atoms. The number of rotatable bonds is 7. The van der Waals surface area contributed by atoms with Gasteiger partial charge in [-0.1, -0.05) is 6.07 Å². The Kier molecular flexibility index (Phi) is 5.81. The van der Waals surface area contributed by atoms with Gasteiger partial charge in [-0.05, 0) is 61.8 Å². The Balaban J connectivity index is 1.23. The Labute approximate surface area is 223 Å². The number of imidazole rings is 1. The third-order valence-electron chi connectivity index (χ3n) is 7.25. The zero-order valence-electron chi connectivity index (χ0n) is 21.5. The standard InChI is InChI=1S/C29H27FN8O/c1-37-17-20(16-32-37)18-4-5-24-23(14-18)27(36-35-24)29-33-25-6-7-31-26(28(25)34-29)19-12-21(30)15-22(13-19)39-11-10-38-8-2-3-9-38/h4-7,12-17H,2-3,8-11H2,1H3,(H,33,34)(H,35,36). The third kappa shape index (κ3) is 4.52. The highest BCUT2D eigenvalue weighted by atomic mass is 19.1. The lowest BCUT2D eigenvalue weighted by Crippen LogP contribution is -2.25. The summed E-state index contributed by atoms with van der Waals surface area (Å²) in [6.07, 6.45) is 7.96. The molecule has 1 saturated heterocycles. The molecule has 5 heterocycles. The van der Waals surface area contributed by atoms with Crippen LogP contribution < -0.4 is 4.74 Å². The Morgan fingerprint density at radius 3 is 2.72 bits per heavy atom. The molecule has 4 aromatic heterocycles. The van der Waals surface area contributed by atoms with E-state index in [0.717, 1.165) is 47.2 Å². The van der Waals surface area contributed by atoms with Crippen LogP contribution in [0.2, 0.25) is 0 Å². The SMILES string of the molecule is Cn1cc(-c2ccc3[nH]nc(-c4nc5c(-c6cc(F)cc(OCCN7CCCC7)c6)nccc5[nH]4)c3c2)cn1. The van der Waals surface area contributed by atoms with Crippen LogP contribution in [-0.2, 0) is 7.05 Å². The third-order valence-corrected chi connectivity index (χ3v) is 7.25. The number of halogens is 1. The van der Waals surface area contributed by atoms with Gasteiger partial charge in [0.25, 0.3) is 0 Å². The van der Waals surface area contributed by atoms with Gasteiger partial charge in [0.2, 0.25) is 0 Å². The summed E-state index contributed by atoms with van der Waals surface area (Å²) >= 11 is 0. The fraction of sp³-hybridized carbons (Fsp3) is 0.241. The minimum absolute atomic E-state index is 0.375. The van der Waals surface area contributed by atoms with Crippen LogP contribution in [0.5, 0.6) is 5.75 Å². The van der Waals surface area contributed by atoms with Crippen molar-refractivity contribution < 1.29 is 9.13 Å². The van der Waals surface area contributed by atoms with Gasteiger partial charge in [0.05, 0.1) is 22.9 Å². The quantitative estimate of drug-likeness (QED) is 0.300. The molecule has 0 atom stereocenters. The van der Waals surface area contributed by atoms with E-state index >= 15 is 0 Å². The molecule has 7 rings (SSSR count). The Hall–Kier alpha value is -4.57. The molecule has 0 amide bonds. The average molecular weight is 523 g/mol. The molecular formula is C29H27FN8O. The summed E-state index contributed by atoms with van der Waals surface area (Å²) in [4.78, 5) is 15.2. The van der Waals surface area contributed by atoms with Crippen LogP contribution in [0.25, 0.3) is 55.8 Å². The predicted octanol–water partition coefficient (Wildman–Crippen LogP) is 5.18. The second-order valence-electron chi connectivity index (χ2n) is 9.95. The van der Waals surface area contributed by atoms with Crippen molar-refractivity contribution in [1.82, 2.24) is 39.8 Å². The topological polar surface area (TPSA) is 101 Å². The highest BCUT2D eigenvalue weighted by Gasteiger charge is 2.18. The number of pyridine rings is 1. The van der Waals surface area contributed by atoms with Crippen LogP contribution in [0.3, 0.4) is 0 Å². The number of hydrogen-bond acceptors (Lipinski definition) is 6. The summed E-state index contributed by atoms with van der Waals surface area (Å²) in [6, 6.07) is 12.7. The smallest absolute Gasteiger partial charge is 0.159 e. The molecule has 39 heavy (non-hydrogen) atoms. The number of likely N-dealkylation sites (tertiary alicyclic amines) is 1. The van der Waals surface area contributed by atoms with Crippen molar-refractivity contribution in [2.75, 3.05) is 26.2 Å². The first-order chi connectivity index (χ1) is 19.1. The van der Waals surface area contributed by atoms with E-state index in [1.807, 2.05) is 43.7 Å². The lowest BCUT2D eigenvalue weighted by molar-refractivity contribution is 0.237. The van der Waals surface area contributed by atoms with Crippen LogP contribution in [0, 0.1) is 5.82 Å². The van der Waals surface area contributed by atoms with Crippen molar-refractivity contribution in [2.24, 2.45) is 7.05 Å². The first kappa shape index (κ1) is 23.5. The lowest BCUT2D eigenvalue weighted by Gasteiger charge is -2.15. The van der Waals surface area contributed by atoms with Crippen molar-refractivity contribution in [3.8, 4) is 39.7 Å². The van der Waals surface area contributed by atoms with Gasteiger partial charge >= 0.3 is 0 Å². The second-order valence-corrected chi connectivity index (χ2v) is 9.95. The van der Waals surface area contributed by atoms with E-state index < -0.39 is 0 Å². The fourth-order valence-electron chi connectivity index (χ4n) is 5.28. The molecule has 196 valence electrons. The molecule has 1 aliphatic heterocycles. The number of fused-ring (bicyclic) bond motifs is 2. The minimum atomic E-state index is -0.375. The average Bonchev–Trinajstić information content (AvgIpc) is 3.74. The van der Waals surface area contributed by atoms with Gasteiger partial charge in [-0.3, -0.25) is 19.7 Å². The summed E-state index contributed by atoms with van der Waals surface area (Å²) in [7, 11) is 1.90. The fourth-order valence-corrected chi connectivity index (χ4v) is 5.28. The maximum atomic E-state index is 14.7. The number of aryl methyl sites for hydroxylation is 1. The van der Waals surface area contributed by atoms with E-state index in [4.69, 9.17) is 9.72 Å². The number of nitrogens with zero attached hydrogens (tertiary/aromatic N) is 6. The molecular weight excluding hydrogens is 495 g/mol. The molecule has 6 aromatic rings. The number of ether oxygens (including phenoxy) is 1. The van der Waals surface area contributed by atoms with Crippen LogP contribution >= 0.6 is 0 Å². The zero-order chi connectivity index (χ0) is 26.3. The van der Waals surface area contributed by atoms with Crippen molar-refractivity contribution in [2.45, 2.75) is 12.8 Å². The van der Waals surface area contributed by atoms with Crippen molar-refractivity contribution in [1.29, 1.82) is 0 Å². The summed E-state index contributed by atoms with van der Waals surface area (Å²) in [5.41, 5.74) is 6.27. The molecule has 0 bridgehead atoms.